The SMILES string of the molecule is O=C1c2ccccc2C(=O)N1SN(Cc1ccccc1)Cc1ccccc1. The summed E-state index contributed by atoms with van der Waals surface area (Å²) in [6, 6.07) is 27.0. The molecule has 1 aliphatic heterocycles. The minimum absolute atomic E-state index is 0.258. The van der Waals surface area contributed by atoms with Crippen LogP contribution in [0, 0.1) is 0 Å². The van der Waals surface area contributed by atoms with Gasteiger partial charge in [0.15, 0.2) is 0 Å². The maximum Gasteiger partial charge on any atom is 0.272 e. The van der Waals surface area contributed by atoms with Crippen molar-refractivity contribution in [2.24, 2.45) is 0 Å². The number of hydrogen-bond donors (Lipinski definition) is 0. The van der Waals surface area contributed by atoms with Crippen molar-refractivity contribution in [3.8, 4) is 0 Å². The van der Waals surface area contributed by atoms with E-state index in [-0.39, 0.29) is 11.8 Å². The van der Waals surface area contributed by atoms with Gasteiger partial charge in [0.25, 0.3) is 11.8 Å². The van der Waals surface area contributed by atoms with Crippen molar-refractivity contribution < 1.29 is 9.59 Å². The van der Waals surface area contributed by atoms with Crippen LogP contribution in [0.25, 0.3) is 0 Å². The zero-order valence-electron chi connectivity index (χ0n) is 14.6. The number of imide groups is 1. The number of benzene rings is 3. The largest absolute Gasteiger partial charge is 0.272 e. The Balaban J connectivity index is 1.57. The van der Waals surface area contributed by atoms with Gasteiger partial charge in [0.05, 0.1) is 23.3 Å². The Bertz CT molecular complexity index is 884. The van der Waals surface area contributed by atoms with E-state index in [4.69, 9.17) is 0 Å². The minimum Gasteiger partial charge on any atom is -0.268 e. The van der Waals surface area contributed by atoms with Crippen LogP contribution in [0.5, 0.6) is 0 Å². The fraction of sp³-hybridized carbons (Fsp3) is 0.0909. The van der Waals surface area contributed by atoms with Gasteiger partial charge in [0, 0.05) is 13.1 Å². The van der Waals surface area contributed by atoms with Crippen molar-refractivity contribution in [2.45, 2.75) is 13.1 Å². The first kappa shape index (κ1) is 17.5. The molecule has 0 atom stereocenters. The van der Waals surface area contributed by atoms with E-state index in [9.17, 15) is 9.59 Å². The van der Waals surface area contributed by atoms with Crippen LogP contribution < -0.4 is 0 Å². The smallest absolute Gasteiger partial charge is 0.268 e. The molecule has 0 saturated heterocycles. The molecule has 0 bridgehead atoms. The van der Waals surface area contributed by atoms with Crippen LogP contribution in [0.2, 0.25) is 0 Å². The number of carbonyl (C=O) groups is 2. The molecule has 4 nitrogen and oxygen atoms in total. The second kappa shape index (κ2) is 7.78. The van der Waals surface area contributed by atoms with Crippen molar-refractivity contribution in [3.63, 3.8) is 0 Å². The number of nitrogens with zero attached hydrogens (tertiary/aromatic N) is 2. The lowest BCUT2D eigenvalue weighted by molar-refractivity contribution is 0.0771. The van der Waals surface area contributed by atoms with Gasteiger partial charge < -0.3 is 0 Å². The van der Waals surface area contributed by atoms with Crippen LogP contribution in [0.15, 0.2) is 84.9 Å². The molecule has 5 heteroatoms. The zero-order valence-corrected chi connectivity index (χ0v) is 15.4. The molecule has 0 aromatic heterocycles. The predicted molar refractivity (Wildman–Crippen MR) is 107 cm³/mol. The summed E-state index contributed by atoms with van der Waals surface area (Å²) in [5, 5.41) is 0. The highest BCUT2D eigenvalue weighted by atomic mass is 32.2. The molecule has 0 fully saturated rings. The Morgan fingerprint density at radius 1 is 0.630 bits per heavy atom. The van der Waals surface area contributed by atoms with Gasteiger partial charge in [-0.3, -0.25) is 9.59 Å². The van der Waals surface area contributed by atoms with Crippen LogP contribution >= 0.6 is 12.1 Å². The van der Waals surface area contributed by atoms with Gasteiger partial charge in [-0.2, -0.15) is 4.31 Å². The Morgan fingerprint density at radius 3 is 1.48 bits per heavy atom. The maximum absolute atomic E-state index is 12.7. The lowest BCUT2D eigenvalue weighted by Crippen LogP contribution is -2.29. The van der Waals surface area contributed by atoms with Gasteiger partial charge in [-0.1, -0.05) is 72.8 Å². The fourth-order valence-electron chi connectivity index (χ4n) is 3.04. The Kier molecular flexibility index (Phi) is 5.05. The average Bonchev–Trinajstić information content (AvgIpc) is 2.95. The molecule has 0 saturated carbocycles. The van der Waals surface area contributed by atoms with Gasteiger partial charge in [-0.05, 0) is 23.3 Å². The topological polar surface area (TPSA) is 40.6 Å². The molecular formula is C22H18N2O2S. The molecule has 3 aromatic carbocycles. The first-order valence-corrected chi connectivity index (χ1v) is 9.44. The summed E-state index contributed by atoms with van der Waals surface area (Å²) < 4.78 is 3.29. The number of hydrogen-bond acceptors (Lipinski definition) is 4. The second-order valence-electron chi connectivity index (χ2n) is 6.30. The van der Waals surface area contributed by atoms with Gasteiger partial charge in [-0.25, -0.2) is 4.31 Å². The third-order valence-electron chi connectivity index (χ3n) is 4.36. The zero-order chi connectivity index (χ0) is 18.6. The second-order valence-corrected chi connectivity index (χ2v) is 7.35. The summed E-state index contributed by atoms with van der Waals surface area (Å²) in [7, 11) is 0. The van der Waals surface area contributed by atoms with E-state index in [2.05, 4.69) is 0 Å². The van der Waals surface area contributed by atoms with Gasteiger partial charge >= 0.3 is 0 Å². The first-order valence-electron chi connectivity index (χ1n) is 8.71. The number of rotatable bonds is 6. The minimum atomic E-state index is -0.258. The quantitative estimate of drug-likeness (QED) is 0.469. The van der Waals surface area contributed by atoms with E-state index in [1.165, 1.54) is 16.4 Å². The Labute approximate surface area is 162 Å². The van der Waals surface area contributed by atoms with E-state index < -0.39 is 0 Å². The summed E-state index contributed by atoms with van der Waals surface area (Å²) in [6.07, 6.45) is 0. The van der Waals surface area contributed by atoms with Gasteiger partial charge in [0.2, 0.25) is 0 Å². The third kappa shape index (κ3) is 3.79. The molecule has 1 aliphatic rings. The first-order chi connectivity index (χ1) is 13.2. The lowest BCUT2D eigenvalue weighted by Gasteiger charge is -2.25. The van der Waals surface area contributed by atoms with Crippen LogP contribution in [-0.4, -0.2) is 20.4 Å². The summed E-state index contributed by atoms with van der Waals surface area (Å²) >= 11 is 1.18. The monoisotopic (exact) mass is 374 g/mol. The van der Waals surface area contributed by atoms with E-state index in [1.54, 1.807) is 24.3 Å². The number of amides is 2. The molecule has 0 radical (unpaired) electrons. The van der Waals surface area contributed by atoms with Crippen molar-refractivity contribution in [1.29, 1.82) is 0 Å². The molecule has 0 spiro atoms. The third-order valence-corrected chi connectivity index (χ3v) is 5.34. The van der Waals surface area contributed by atoms with Crippen LogP contribution in [0.3, 0.4) is 0 Å². The maximum atomic E-state index is 12.7. The van der Waals surface area contributed by atoms with E-state index >= 15 is 0 Å². The molecule has 0 unspecified atom stereocenters. The highest BCUT2D eigenvalue weighted by Crippen LogP contribution is 2.31. The summed E-state index contributed by atoms with van der Waals surface area (Å²) in [4.78, 5) is 25.4. The van der Waals surface area contributed by atoms with Crippen molar-refractivity contribution >= 4 is 23.9 Å². The highest BCUT2D eigenvalue weighted by molar-refractivity contribution is 7.95. The van der Waals surface area contributed by atoms with E-state index in [0.717, 1.165) is 11.1 Å². The molecule has 2 amide bonds. The highest BCUT2D eigenvalue weighted by Gasteiger charge is 2.37. The molecule has 3 aromatic rings. The molecule has 27 heavy (non-hydrogen) atoms. The summed E-state index contributed by atoms with van der Waals surface area (Å²) in [6.45, 7) is 1.24. The van der Waals surface area contributed by atoms with E-state index in [0.29, 0.717) is 24.2 Å². The average molecular weight is 374 g/mol. The van der Waals surface area contributed by atoms with Crippen LogP contribution in [0.4, 0.5) is 0 Å². The molecule has 0 aliphatic carbocycles. The van der Waals surface area contributed by atoms with Gasteiger partial charge in [-0.15, -0.1) is 0 Å². The Morgan fingerprint density at radius 2 is 1.04 bits per heavy atom. The van der Waals surface area contributed by atoms with E-state index in [1.807, 2.05) is 65.0 Å². The van der Waals surface area contributed by atoms with Crippen molar-refractivity contribution in [2.75, 3.05) is 0 Å². The van der Waals surface area contributed by atoms with Crippen LogP contribution in [0.1, 0.15) is 31.8 Å². The number of fused-ring (bicyclic) bond motifs is 1. The normalized spacial score (nSPS) is 13.3. The fourth-order valence-corrected chi connectivity index (χ4v) is 4.03. The lowest BCUT2D eigenvalue weighted by atomic mass is 10.1. The standard InChI is InChI=1S/C22H18N2O2S/c25-21-19-13-7-8-14-20(19)22(26)24(21)27-23(15-17-9-3-1-4-10-17)16-18-11-5-2-6-12-18/h1-14H,15-16H2. The molecule has 1 heterocycles. The van der Waals surface area contributed by atoms with Crippen molar-refractivity contribution in [1.82, 2.24) is 8.61 Å². The molecule has 0 N–H and O–H groups in total. The number of carbonyl (C=O) groups excluding carboxylic acids is 2. The van der Waals surface area contributed by atoms with Crippen LogP contribution in [-0.2, 0) is 13.1 Å². The molecule has 4 rings (SSSR count). The summed E-state index contributed by atoms with van der Waals surface area (Å²) in [5.74, 6) is -0.515. The van der Waals surface area contributed by atoms with Gasteiger partial charge in [0.1, 0.15) is 0 Å². The molecule has 134 valence electrons. The summed E-state index contributed by atoms with van der Waals surface area (Å²) in [5.41, 5.74) is 3.18. The molecular weight excluding hydrogens is 356 g/mol. The Hall–Kier alpha value is -2.89. The van der Waals surface area contributed by atoms with Crippen molar-refractivity contribution in [3.05, 3.63) is 107 Å². The predicted octanol–water partition coefficient (Wildman–Crippen LogP) is 4.55.